The third kappa shape index (κ3) is 4.07. The first kappa shape index (κ1) is 15.0. The summed E-state index contributed by atoms with van der Waals surface area (Å²) in [7, 11) is 0. The van der Waals surface area contributed by atoms with Gasteiger partial charge in [0.15, 0.2) is 0 Å². The number of nitrogens with zero attached hydrogens (tertiary/aromatic N) is 1. The second-order valence-corrected chi connectivity index (χ2v) is 5.80. The number of rotatable bonds is 7. The monoisotopic (exact) mass is 274 g/mol. The number of likely N-dealkylation sites (N-methyl/N-ethyl adjacent to an activating group) is 1. The average Bonchev–Trinajstić information content (AvgIpc) is 2.44. The van der Waals surface area contributed by atoms with Gasteiger partial charge in [0.1, 0.15) is 0 Å². The van der Waals surface area contributed by atoms with E-state index in [1.165, 1.54) is 24.8 Å². The van der Waals surface area contributed by atoms with Crippen molar-refractivity contribution in [2.75, 3.05) is 13.1 Å². The molecular weight excluding hydrogens is 248 g/mol. The molecule has 2 N–H and O–H groups in total. The van der Waals surface area contributed by atoms with Gasteiger partial charge >= 0.3 is 0 Å². The summed E-state index contributed by atoms with van der Waals surface area (Å²) in [5.74, 6) is 0.829. The lowest BCUT2D eigenvalue weighted by molar-refractivity contribution is -0.133. The van der Waals surface area contributed by atoms with Gasteiger partial charge in [-0.3, -0.25) is 4.79 Å². The van der Waals surface area contributed by atoms with E-state index in [1.54, 1.807) is 0 Å². The van der Waals surface area contributed by atoms with E-state index in [-0.39, 0.29) is 11.9 Å². The molecule has 1 aliphatic rings. The standard InChI is InChI=1S/C17H26N2O/c1-2-19(13-15-9-6-10-15)17(20)16(18)12-11-14-7-4-3-5-8-14/h3-5,7-8,15-16H,2,6,9-13,18H2,1H3/t16-/m0/s1. The zero-order valence-electron chi connectivity index (χ0n) is 12.4. The molecule has 3 nitrogen and oxygen atoms in total. The van der Waals surface area contributed by atoms with Gasteiger partial charge in [0.05, 0.1) is 6.04 Å². The van der Waals surface area contributed by atoms with E-state index >= 15 is 0 Å². The summed E-state index contributed by atoms with van der Waals surface area (Å²) in [5.41, 5.74) is 7.33. The molecule has 0 spiro atoms. The highest BCUT2D eigenvalue weighted by atomic mass is 16.2. The molecule has 1 atom stereocenters. The Bertz CT molecular complexity index is 414. The predicted octanol–water partition coefficient (Wildman–Crippen LogP) is 2.60. The maximum atomic E-state index is 12.4. The molecule has 1 aromatic rings. The zero-order valence-corrected chi connectivity index (χ0v) is 12.4. The van der Waals surface area contributed by atoms with E-state index in [0.717, 1.165) is 25.9 Å². The first-order chi connectivity index (χ1) is 9.70. The van der Waals surface area contributed by atoms with Crippen LogP contribution in [0, 0.1) is 5.92 Å². The van der Waals surface area contributed by atoms with Crippen molar-refractivity contribution in [2.45, 2.75) is 45.1 Å². The topological polar surface area (TPSA) is 46.3 Å². The lowest BCUT2D eigenvalue weighted by atomic mass is 9.85. The number of carbonyl (C=O) groups is 1. The molecule has 0 saturated heterocycles. The van der Waals surface area contributed by atoms with Gasteiger partial charge in [-0.2, -0.15) is 0 Å². The van der Waals surface area contributed by atoms with Crippen LogP contribution >= 0.6 is 0 Å². The van der Waals surface area contributed by atoms with Gasteiger partial charge in [-0.25, -0.2) is 0 Å². The Labute approximate surface area is 122 Å². The van der Waals surface area contributed by atoms with Crippen molar-refractivity contribution >= 4 is 5.91 Å². The second-order valence-electron chi connectivity index (χ2n) is 5.80. The Morgan fingerprint density at radius 3 is 2.60 bits per heavy atom. The molecule has 0 unspecified atom stereocenters. The number of benzene rings is 1. The van der Waals surface area contributed by atoms with Gasteiger partial charge in [0.25, 0.3) is 0 Å². The third-order valence-electron chi connectivity index (χ3n) is 4.30. The molecule has 0 aromatic heterocycles. The molecular formula is C17H26N2O. The van der Waals surface area contributed by atoms with E-state index in [9.17, 15) is 4.79 Å². The second kappa shape index (κ2) is 7.44. The van der Waals surface area contributed by atoms with Crippen LogP contribution < -0.4 is 5.73 Å². The highest BCUT2D eigenvalue weighted by molar-refractivity contribution is 5.81. The lowest BCUT2D eigenvalue weighted by Crippen LogP contribution is -2.46. The fourth-order valence-corrected chi connectivity index (χ4v) is 2.69. The van der Waals surface area contributed by atoms with Crippen LogP contribution in [-0.4, -0.2) is 29.9 Å². The van der Waals surface area contributed by atoms with Gasteiger partial charge < -0.3 is 10.6 Å². The number of nitrogens with two attached hydrogens (primary N) is 1. The molecule has 0 aliphatic heterocycles. The van der Waals surface area contributed by atoms with Crippen LogP contribution in [0.5, 0.6) is 0 Å². The summed E-state index contributed by atoms with van der Waals surface area (Å²) in [5, 5.41) is 0. The fourth-order valence-electron chi connectivity index (χ4n) is 2.69. The lowest BCUT2D eigenvalue weighted by Gasteiger charge is -2.33. The van der Waals surface area contributed by atoms with Gasteiger partial charge in [0.2, 0.25) is 5.91 Å². The van der Waals surface area contributed by atoms with Crippen molar-refractivity contribution in [3.8, 4) is 0 Å². The third-order valence-corrected chi connectivity index (χ3v) is 4.30. The summed E-state index contributed by atoms with van der Waals surface area (Å²) in [6.45, 7) is 3.71. The molecule has 20 heavy (non-hydrogen) atoms. The quantitative estimate of drug-likeness (QED) is 0.830. The Balaban J connectivity index is 1.80. The van der Waals surface area contributed by atoms with Crippen LogP contribution in [0.3, 0.4) is 0 Å². The van der Waals surface area contributed by atoms with Crippen molar-refractivity contribution in [1.29, 1.82) is 0 Å². The van der Waals surface area contributed by atoms with E-state index in [4.69, 9.17) is 5.73 Å². The highest BCUT2D eigenvalue weighted by Crippen LogP contribution is 2.27. The number of carbonyl (C=O) groups excluding carboxylic acids is 1. The maximum Gasteiger partial charge on any atom is 0.239 e. The molecule has 1 saturated carbocycles. The van der Waals surface area contributed by atoms with Crippen molar-refractivity contribution in [3.05, 3.63) is 35.9 Å². The van der Waals surface area contributed by atoms with Crippen molar-refractivity contribution in [1.82, 2.24) is 4.90 Å². The number of hydrogen-bond donors (Lipinski definition) is 1. The van der Waals surface area contributed by atoms with Gasteiger partial charge in [0, 0.05) is 13.1 Å². The van der Waals surface area contributed by atoms with Crippen LogP contribution in [0.2, 0.25) is 0 Å². The Morgan fingerprint density at radius 1 is 1.35 bits per heavy atom. The zero-order chi connectivity index (χ0) is 14.4. The van der Waals surface area contributed by atoms with Crippen molar-refractivity contribution in [3.63, 3.8) is 0 Å². The SMILES string of the molecule is CCN(CC1CCC1)C(=O)[C@@H](N)CCc1ccccc1. The summed E-state index contributed by atoms with van der Waals surface area (Å²) < 4.78 is 0. The maximum absolute atomic E-state index is 12.4. The number of hydrogen-bond acceptors (Lipinski definition) is 2. The van der Waals surface area contributed by atoms with Crippen LogP contribution in [0.25, 0.3) is 0 Å². The largest absolute Gasteiger partial charge is 0.341 e. The van der Waals surface area contributed by atoms with Crippen LogP contribution in [-0.2, 0) is 11.2 Å². The minimum absolute atomic E-state index is 0.121. The fraction of sp³-hybridized carbons (Fsp3) is 0.588. The molecule has 0 heterocycles. The number of amides is 1. The summed E-state index contributed by atoms with van der Waals surface area (Å²) in [4.78, 5) is 14.3. The van der Waals surface area contributed by atoms with Crippen LogP contribution in [0.1, 0.15) is 38.2 Å². The minimum Gasteiger partial charge on any atom is -0.341 e. The molecule has 3 heteroatoms. The Morgan fingerprint density at radius 2 is 2.05 bits per heavy atom. The van der Waals surface area contributed by atoms with Gasteiger partial charge in [-0.15, -0.1) is 0 Å². The first-order valence-corrected chi connectivity index (χ1v) is 7.79. The van der Waals surface area contributed by atoms with Crippen LogP contribution in [0.4, 0.5) is 0 Å². The van der Waals surface area contributed by atoms with E-state index in [2.05, 4.69) is 12.1 Å². The Kier molecular flexibility index (Phi) is 5.60. The summed E-state index contributed by atoms with van der Waals surface area (Å²) in [6.07, 6.45) is 5.45. The highest BCUT2D eigenvalue weighted by Gasteiger charge is 2.25. The van der Waals surface area contributed by atoms with Crippen molar-refractivity contribution in [2.24, 2.45) is 11.7 Å². The molecule has 1 aliphatic carbocycles. The minimum atomic E-state index is -0.366. The van der Waals surface area contributed by atoms with Gasteiger partial charge in [-0.05, 0) is 44.1 Å². The Hall–Kier alpha value is -1.35. The molecule has 2 rings (SSSR count). The number of aryl methyl sites for hydroxylation is 1. The summed E-state index contributed by atoms with van der Waals surface area (Å²) >= 11 is 0. The molecule has 1 fully saturated rings. The van der Waals surface area contributed by atoms with Gasteiger partial charge in [-0.1, -0.05) is 36.8 Å². The van der Waals surface area contributed by atoms with E-state index in [1.807, 2.05) is 30.0 Å². The van der Waals surface area contributed by atoms with E-state index < -0.39 is 0 Å². The smallest absolute Gasteiger partial charge is 0.239 e. The molecule has 1 amide bonds. The molecule has 0 radical (unpaired) electrons. The molecule has 110 valence electrons. The van der Waals surface area contributed by atoms with Crippen LogP contribution in [0.15, 0.2) is 30.3 Å². The molecule has 0 bridgehead atoms. The van der Waals surface area contributed by atoms with E-state index in [0.29, 0.717) is 5.92 Å². The average molecular weight is 274 g/mol. The van der Waals surface area contributed by atoms with Crippen molar-refractivity contribution < 1.29 is 4.79 Å². The summed E-state index contributed by atoms with van der Waals surface area (Å²) in [6, 6.07) is 9.86. The predicted molar refractivity (Wildman–Crippen MR) is 82.3 cm³/mol. The molecule has 1 aromatic carbocycles. The normalized spacial score (nSPS) is 16.5. The first-order valence-electron chi connectivity index (χ1n) is 7.79.